The number of nitrogens with zero attached hydrogens (tertiary/aromatic N) is 4. The summed E-state index contributed by atoms with van der Waals surface area (Å²) in [4.78, 5) is 0. The zero-order chi connectivity index (χ0) is 12.3. The highest BCUT2D eigenvalue weighted by Gasteiger charge is 2.12. The summed E-state index contributed by atoms with van der Waals surface area (Å²) in [6.45, 7) is 1.16. The van der Waals surface area contributed by atoms with E-state index in [0.717, 1.165) is 6.42 Å². The molecule has 0 aliphatic heterocycles. The van der Waals surface area contributed by atoms with Gasteiger partial charge in [-0.1, -0.05) is 11.6 Å². The Kier molecular flexibility index (Phi) is 3.65. The summed E-state index contributed by atoms with van der Waals surface area (Å²) in [6.07, 6.45) is 0.761. The van der Waals surface area contributed by atoms with Crippen molar-refractivity contribution < 1.29 is 4.39 Å². The van der Waals surface area contributed by atoms with Gasteiger partial charge in [-0.25, -0.2) is 9.07 Å². The Morgan fingerprint density at radius 2 is 2.24 bits per heavy atom. The Hall–Kier alpha value is -1.53. The lowest BCUT2D eigenvalue weighted by Gasteiger charge is -2.05. The Labute approximate surface area is 102 Å². The van der Waals surface area contributed by atoms with E-state index in [1.54, 1.807) is 10.7 Å². The van der Waals surface area contributed by atoms with Crippen LogP contribution < -0.4 is 5.73 Å². The highest BCUT2D eigenvalue weighted by Crippen LogP contribution is 2.26. The number of benzene rings is 1. The van der Waals surface area contributed by atoms with Gasteiger partial charge in [0.25, 0.3) is 0 Å². The monoisotopic (exact) mass is 255 g/mol. The lowest BCUT2D eigenvalue weighted by molar-refractivity contribution is 0.568. The minimum atomic E-state index is -0.389. The number of aromatic nitrogens is 4. The van der Waals surface area contributed by atoms with Crippen LogP contribution in [0.4, 0.5) is 4.39 Å². The molecule has 5 nitrogen and oxygen atoms in total. The van der Waals surface area contributed by atoms with E-state index in [1.807, 2.05) is 0 Å². The second kappa shape index (κ2) is 5.20. The Bertz CT molecular complexity index is 513. The zero-order valence-electron chi connectivity index (χ0n) is 8.98. The predicted octanol–water partition coefficient (Wildman–Crippen LogP) is 1.48. The molecule has 0 fully saturated rings. The maximum atomic E-state index is 12.9. The minimum absolute atomic E-state index is 0.286. The van der Waals surface area contributed by atoms with Gasteiger partial charge in [0.15, 0.2) is 5.82 Å². The summed E-state index contributed by atoms with van der Waals surface area (Å²) in [5, 5.41) is 11.6. The third kappa shape index (κ3) is 2.59. The van der Waals surface area contributed by atoms with Crippen LogP contribution in [0.2, 0.25) is 5.02 Å². The summed E-state index contributed by atoms with van der Waals surface area (Å²) in [7, 11) is 0. The highest BCUT2D eigenvalue weighted by molar-refractivity contribution is 6.33. The van der Waals surface area contributed by atoms with Crippen LogP contribution in [0.15, 0.2) is 18.2 Å². The smallest absolute Gasteiger partial charge is 0.183 e. The average molecular weight is 256 g/mol. The Morgan fingerprint density at radius 1 is 1.41 bits per heavy atom. The molecular formula is C10H11ClFN5. The van der Waals surface area contributed by atoms with Gasteiger partial charge in [-0.05, 0) is 41.6 Å². The topological polar surface area (TPSA) is 69.6 Å². The quantitative estimate of drug-likeness (QED) is 0.898. The van der Waals surface area contributed by atoms with Crippen LogP contribution in [-0.4, -0.2) is 26.8 Å². The van der Waals surface area contributed by atoms with E-state index in [0.29, 0.717) is 24.5 Å². The van der Waals surface area contributed by atoms with E-state index in [-0.39, 0.29) is 10.8 Å². The molecular weight excluding hydrogens is 245 g/mol. The number of tetrazole rings is 1. The molecule has 2 aromatic rings. The molecule has 0 unspecified atom stereocenters. The maximum absolute atomic E-state index is 12.9. The van der Waals surface area contributed by atoms with E-state index < -0.39 is 0 Å². The predicted molar refractivity (Wildman–Crippen MR) is 61.9 cm³/mol. The van der Waals surface area contributed by atoms with Crippen molar-refractivity contribution in [3.63, 3.8) is 0 Å². The van der Waals surface area contributed by atoms with Crippen LogP contribution in [0.5, 0.6) is 0 Å². The van der Waals surface area contributed by atoms with Crippen molar-refractivity contribution in [3.8, 4) is 11.4 Å². The van der Waals surface area contributed by atoms with E-state index in [4.69, 9.17) is 17.3 Å². The first-order chi connectivity index (χ1) is 8.22. The first kappa shape index (κ1) is 11.9. The number of aryl methyl sites for hydroxylation is 1. The second-order valence-electron chi connectivity index (χ2n) is 3.49. The molecule has 90 valence electrons. The van der Waals surface area contributed by atoms with E-state index in [1.165, 1.54) is 12.1 Å². The van der Waals surface area contributed by atoms with E-state index in [2.05, 4.69) is 15.5 Å². The number of hydrogen-bond acceptors (Lipinski definition) is 4. The van der Waals surface area contributed by atoms with Gasteiger partial charge in [0.2, 0.25) is 0 Å². The first-order valence-corrected chi connectivity index (χ1v) is 5.52. The fourth-order valence-corrected chi connectivity index (χ4v) is 1.71. The normalized spacial score (nSPS) is 10.8. The van der Waals surface area contributed by atoms with Gasteiger partial charge >= 0.3 is 0 Å². The van der Waals surface area contributed by atoms with Crippen molar-refractivity contribution >= 4 is 11.6 Å². The summed E-state index contributed by atoms with van der Waals surface area (Å²) in [5.41, 5.74) is 6.03. The molecule has 0 bridgehead atoms. The van der Waals surface area contributed by atoms with E-state index >= 15 is 0 Å². The molecule has 0 amide bonds. The van der Waals surface area contributed by atoms with E-state index in [9.17, 15) is 4.39 Å². The van der Waals surface area contributed by atoms with Crippen LogP contribution in [-0.2, 0) is 6.54 Å². The molecule has 1 aromatic carbocycles. The largest absolute Gasteiger partial charge is 0.330 e. The molecule has 0 aliphatic rings. The minimum Gasteiger partial charge on any atom is -0.330 e. The van der Waals surface area contributed by atoms with Gasteiger partial charge < -0.3 is 5.73 Å². The van der Waals surface area contributed by atoms with Crippen molar-refractivity contribution in [2.75, 3.05) is 6.54 Å². The molecule has 0 atom stereocenters. The molecule has 1 heterocycles. The van der Waals surface area contributed by atoms with Crippen LogP contribution >= 0.6 is 11.6 Å². The van der Waals surface area contributed by atoms with Gasteiger partial charge in [-0.2, -0.15) is 0 Å². The third-order valence-electron chi connectivity index (χ3n) is 2.28. The highest BCUT2D eigenvalue weighted by atomic mass is 35.5. The van der Waals surface area contributed by atoms with Gasteiger partial charge in [-0.15, -0.1) is 5.10 Å². The van der Waals surface area contributed by atoms with Gasteiger partial charge in [0, 0.05) is 12.1 Å². The first-order valence-electron chi connectivity index (χ1n) is 5.14. The SMILES string of the molecule is NCCCn1nnnc1-c1ccc(F)cc1Cl. The number of halogens is 2. The third-order valence-corrected chi connectivity index (χ3v) is 2.59. The lowest BCUT2D eigenvalue weighted by atomic mass is 10.2. The molecule has 0 spiro atoms. The van der Waals surface area contributed by atoms with Crippen LogP contribution in [0.25, 0.3) is 11.4 Å². The average Bonchev–Trinajstić information content (AvgIpc) is 2.74. The standard InChI is InChI=1S/C10H11ClFN5/c11-9-6-7(12)2-3-8(9)10-14-15-16-17(10)5-1-4-13/h2-3,6H,1,4-5,13H2. The molecule has 0 aliphatic carbocycles. The second-order valence-corrected chi connectivity index (χ2v) is 3.90. The van der Waals surface area contributed by atoms with Crippen molar-refractivity contribution in [2.45, 2.75) is 13.0 Å². The molecule has 0 saturated heterocycles. The fraction of sp³-hybridized carbons (Fsp3) is 0.300. The van der Waals surface area contributed by atoms with Gasteiger partial charge in [-0.3, -0.25) is 0 Å². The van der Waals surface area contributed by atoms with Gasteiger partial charge in [0.05, 0.1) is 5.02 Å². The lowest BCUT2D eigenvalue weighted by Crippen LogP contribution is -2.08. The Morgan fingerprint density at radius 3 is 2.94 bits per heavy atom. The van der Waals surface area contributed by atoms with Crippen molar-refractivity contribution in [1.82, 2.24) is 20.2 Å². The summed E-state index contributed by atoms with van der Waals surface area (Å²) in [5.74, 6) is 0.128. The van der Waals surface area contributed by atoms with Gasteiger partial charge in [0.1, 0.15) is 5.82 Å². The van der Waals surface area contributed by atoms with Crippen molar-refractivity contribution in [1.29, 1.82) is 0 Å². The molecule has 1 aromatic heterocycles. The number of hydrogen-bond donors (Lipinski definition) is 1. The molecule has 0 radical (unpaired) electrons. The summed E-state index contributed by atoms with van der Waals surface area (Å²) < 4.78 is 14.5. The van der Waals surface area contributed by atoms with Crippen LogP contribution in [0, 0.1) is 5.82 Å². The summed E-state index contributed by atoms with van der Waals surface area (Å²) in [6, 6.07) is 4.12. The number of nitrogens with two attached hydrogens (primary N) is 1. The van der Waals surface area contributed by atoms with Crippen molar-refractivity contribution in [2.24, 2.45) is 5.73 Å². The maximum Gasteiger partial charge on any atom is 0.183 e. The summed E-state index contributed by atoms with van der Waals surface area (Å²) >= 11 is 5.95. The molecule has 2 rings (SSSR count). The van der Waals surface area contributed by atoms with Crippen LogP contribution in [0.1, 0.15) is 6.42 Å². The molecule has 0 saturated carbocycles. The van der Waals surface area contributed by atoms with Crippen LogP contribution in [0.3, 0.4) is 0 Å². The fourth-order valence-electron chi connectivity index (χ4n) is 1.46. The zero-order valence-corrected chi connectivity index (χ0v) is 9.73. The Balaban J connectivity index is 2.35. The molecule has 2 N–H and O–H groups in total. The number of rotatable bonds is 4. The van der Waals surface area contributed by atoms with Crippen molar-refractivity contribution in [3.05, 3.63) is 29.0 Å². The molecule has 7 heteroatoms. The molecule has 17 heavy (non-hydrogen) atoms.